The maximum Gasteiger partial charge on any atom is 0.325 e. The number of anilines is 3. The second-order valence-corrected chi connectivity index (χ2v) is 7.30. The van der Waals surface area contributed by atoms with Crippen LogP contribution < -0.4 is 16.0 Å². The summed E-state index contributed by atoms with van der Waals surface area (Å²) in [6.07, 6.45) is 0. The Morgan fingerprint density at radius 1 is 0.964 bits per heavy atom. The quantitative estimate of drug-likeness (QED) is 0.571. The molecular formula is C20H19FN4O2S. The second kappa shape index (κ2) is 8.18. The molecule has 0 aliphatic rings. The fourth-order valence-electron chi connectivity index (χ4n) is 2.50. The molecule has 0 aliphatic carbocycles. The van der Waals surface area contributed by atoms with Gasteiger partial charge in [0.1, 0.15) is 10.7 Å². The monoisotopic (exact) mass is 398 g/mol. The maximum atomic E-state index is 13.6. The summed E-state index contributed by atoms with van der Waals surface area (Å²) < 4.78 is 13.6. The van der Waals surface area contributed by atoms with Gasteiger partial charge in [0, 0.05) is 11.4 Å². The fourth-order valence-corrected chi connectivity index (χ4v) is 3.36. The summed E-state index contributed by atoms with van der Waals surface area (Å²) in [5.41, 5.74) is 3.01. The Labute approximate surface area is 165 Å². The van der Waals surface area contributed by atoms with Gasteiger partial charge in [0.2, 0.25) is 0 Å². The van der Waals surface area contributed by atoms with Crippen molar-refractivity contribution in [2.24, 2.45) is 0 Å². The van der Waals surface area contributed by atoms with Crippen LogP contribution in [0.2, 0.25) is 0 Å². The standard InChI is InChI=1S/C20H19FN4O2S/c1-11-5-4-6-14(9-11)24-19(27)25-20-22-13(3)17(28-20)18(26)23-15-8-7-12(2)16(21)10-15/h4-10H,1-3H3,(H,23,26)(H2,22,24,25,27). The van der Waals surface area contributed by atoms with Gasteiger partial charge in [-0.3, -0.25) is 10.1 Å². The molecule has 3 rings (SSSR count). The third-order valence-electron chi connectivity index (χ3n) is 3.93. The first kappa shape index (κ1) is 19.5. The lowest BCUT2D eigenvalue weighted by molar-refractivity contribution is 0.102. The van der Waals surface area contributed by atoms with Crippen LogP contribution in [0.15, 0.2) is 42.5 Å². The van der Waals surface area contributed by atoms with E-state index in [0.29, 0.717) is 32.6 Å². The number of urea groups is 1. The molecule has 0 atom stereocenters. The SMILES string of the molecule is Cc1cccc(NC(=O)Nc2nc(C)c(C(=O)Nc3ccc(C)c(F)c3)s2)c1. The summed E-state index contributed by atoms with van der Waals surface area (Å²) in [5.74, 6) is -0.806. The van der Waals surface area contributed by atoms with E-state index in [1.165, 1.54) is 6.07 Å². The number of aryl methyl sites for hydroxylation is 3. The zero-order valence-corrected chi connectivity index (χ0v) is 16.4. The number of carbonyl (C=O) groups excluding carboxylic acids is 2. The van der Waals surface area contributed by atoms with Crippen molar-refractivity contribution in [3.63, 3.8) is 0 Å². The van der Waals surface area contributed by atoms with Gasteiger partial charge in [0.25, 0.3) is 5.91 Å². The molecule has 3 aromatic rings. The molecule has 3 amide bonds. The van der Waals surface area contributed by atoms with E-state index in [1.54, 1.807) is 32.0 Å². The number of benzene rings is 2. The molecule has 1 heterocycles. The molecule has 0 fully saturated rings. The molecule has 2 aromatic carbocycles. The summed E-state index contributed by atoms with van der Waals surface area (Å²) in [7, 11) is 0. The number of thiazole rings is 1. The zero-order chi connectivity index (χ0) is 20.3. The molecule has 1 aromatic heterocycles. The van der Waals surface area contributed by atoms with Crippen LogP contribution in [0.25, 0.3) is 0 Å². The summed E-state index contributed by atoms with van der Waals surface area (Å²) in [6, 6.07) is 11.4. The Kier molecular flexibility index (Phi) is 5.70. The average Bonchev–Trinajstić information content (AvgIpc) is 2.98. The minimum absolute atomic E-state index is 0.294. The van der Waals surface area contributed by atoms with Crippen molar-refractivity contribution in [2.45, 2.75) is 20.8 Å². The Bertz CT molecular complexity index is 1050. The number of halogens is 1. The molecular weight excluding hydrogens is 379 g/mol. The second-order valence-electron chi connectivity index (χ2n) is 6.30. The lowest BCUT2D eigenvalue weighted by Crippen LogP contribution is -2.19. The predicted molar refractivity (Wildman–Crippen MR) is 110 cm³/mol. The van der Waals surface area contributed by atoms with Gasteiger partial charge in [0.15, 0.2) is 5.13 Å². The van der Waals surface area contributed by atoms with Crippen molar-refractivity contribution >= 4 is 39.8 Å². The Hall–Kier alpha value is -3.26. The first-order valence-electron chi connectivity index (χ1n) is 8.51. The third kappa shape index (κ3) is 4.72. The summed E-state index contributed by atoms with van der Waals surface area (Å²) in [5, 5.41) is 8.28. The van der Waals surface area contributed by atoms with E-state index in [1.807, 2.05) is 25.1 Å². The molecule has 28 heavy (non-hydrogen) atoms. The van der Waals surface area contributed by atoms with E-state index in [2.05, 4.69) is 20.9 Å². The molecule has 0 radical (unpaired) electrons. The summed E-state index contributed by atoms with van der Waals surface area (Å²) in [6.45, 7) is 5.25. The van der Waals surface area contributed by atoms with Crippen LogP contribution in [-0.2, 0) is 0 Å². The van der Waals surface area contributed by atoms with E-state index in [-0.39, 0.29) is 0 Å². The van der Waals surface area contributed by atoms with Crippen LogP contribution in [0, 0.1) is 26.6 Å². The first-order chi connectivity index (χ1) is 13.3. The van der Waals surface area contributed by atoms with E-state index < -0.39 is 17.8 Å². The molecule has 144 valence electrons. The number of nitrogens with one attached hydrogen (secondary N) is 3. The highest BCUT2D eigenvalue weighted by atomic mass is 32.1. The normalized spacial score (nSPS) is 10.4. The van der Waals surface area contributed by atoms with Gasteiger partial charge in [-0.1, -0.05) is 29.5 Å². The highest BCUT2D eigenvalue weighted by Gasteiger charge is 2.17. The molecule has 3 N–H and O–H groups in total. The number of nitrogens with zero attached hydrogens (tertiary/aromatic N) is 1. The van der Waals surface area contributed by atoms with Crippen molar-refractivity contribution in [1.29, 1.82) is 0 Å². The highest BCUT2D eigenvalue weighted by Crippen LogP contribution is 2.24. The van der Waals surface area contributed by atoms with E-state index in [9.17, 15) is 14.0 Å². The number of carbonyl (C=O) groups is 2. The van der Waals surface area contributed by atoms with Gasteiger partial charge < -0.3 is 10.6 Å². The molecule has 0 saturated carbocycles. The highest BCUT2D eigenvalue weighted by molar-refractivity contribution is 7.17. The number of aromatic nitrogens is 1. The van der Waals surface area contributed by atoms with Crippen LogP contribution in [0.3, 0.4) is 0 Å². The van der Waals surface area contributed by atoms with Gasteiger partial charge in [0.05, 0.1) is 5.69 Å². The minimum Gasteiger partial charge on any atom is -0.321 e. The Balaban J connectivity index is 1.67. The van der Waals surface area contributed by atoms with Gasteiger partial charge >= 0.3 is 6.03 Å². The largest absolute Gasteiger partial charge is 0.325 e. The lowest BCUT2D eigenvalue weighted by atomic mass is 10.2. The van der Waals surface area contributed by atoms with E-state index >= 15 is 0 Å². The smallest absolute Gasteiger partial charge is 0.321 e. The van der Waals surface area contributed by atoms with Crippen molar-refractivity contribution in [3.8, 4) is 0 Å². The fraction of sp³-hybridized carbons (Fsp3) is 0.150. The van der Waals surface area contributed by atoms with E-state index in [0.717, 1.165) is 16.9 Å². The van der Waals surface area contributed by atoms with Crippen LogP contribution in [0.4, 0.5) is 25.7 Å². The van der Waals surface area contributed by atoms with Crippen LogP contribution >= 0.6 is 11.3 Å². The Morgan fingerprint density at radius 2 is 1.71 bits per heavy atom. The molecule has 0 aliphatic heterocycles. The van der Waals surface area contributed by atoms with Crippen LogP contribution in [0.5, 0.6) is 0 Å². The number of hydrogen-bond donors (Lipinski definition) is 3. The Morgan fingerprint density at radius 3 is 2.43 bits per heavy atom. The van der Waals surface area contributed by atoms with Crippen molar-refractivity contribution < 1.29 is 14.0 Å². The summed E-state index contributed by atoms with van der Waals surface area (Å²) >= 11 is 1.05. The average molecular weight is 398 g/mol. The van der Waals surface area contributed by atoms with Crippen molar-refractivity contribution in [2.75, 3.05) is 16.0 Å². The van der Waals surface area contributed by atoms with Crippen LogP contribution in [0.1, 0.15) is 26.5 Å². The van der Waals surface area contributed by atoms with Gasteiger partial charge in [-0.15, -0.1) is 0 Å². The number of hydrogen-bond acceptors (Lipinski definition) is 4. The molecule has 6 nitrogen and oxygen atoms in total. The molecule has 8 heteroatoms. The first-order valence-corrected chi connectivity index (χ1v) is 9.33. The molecule has 0 unspecified atom stereocenters. The van der Waals surface area contributed by atoms with Crippen molar-refractivity contribution in [1.82, 2.24) is 4.98 Å². The number of rotatable bonds is 4. The topological polar surface area (TPSA) is 83.1 Å². The molecule has 0 bridgehead atoms. The lowest BCUT2D eigenvalue weighted by Gasteiger charge is -2.06. The van der Waals surface area contributed by atoms with Gasteiger partial charge in [-0.05, 0) is 56.2 Å². The van der Waals surface area contributed by atoms with Crippen LogP contribution in [-0.4, -0.2) is 16.9 Å². The van der Waals surface area contributed by atoms with Gasteiger partial charge in [-0.25, -0.2) is 14.2 Å². The predicted octanol–water partition coefficient (Wildman–Crippen LogP) is 5.10. The van der Waals surface area contributed by atoms with Crippen molar-refractivity contribution in [3.05, 3.63) is 70.0 Å². The third-order valence-corrected chi connectivity index (χ3v) is 5.00. The maximum absolute atomic E-state index is 13.6. The molecule has 0 spiro atoms. The summed E-state index contributed by atoms with van der Waals surface area (Å²) in [4.78, 5) is 29.2. The minimum atomic E-state index is -0.452. The van der Waals surface area contributed by atoms with E-state index in [4.69, 9.17) is 0 Å². The van der Waals surface area contributed by atoms with Gasteiger partial charge in [-0.2, -0.15) is 0 Å². The number of amides is 3. The molecule has 0 saturated heterocycles. The zero-order valence-electron chi connectivity index (χ0n) is 15.6.